The van der Waals surface area contributed by atoms with E-state index in [1.54, 1.807) is 12.1 Å². The SMILES string of the molecule is CSc1cccc(Nc2ccc(F)c(Br)c2)c1C#N. The molecule has 0 amide bonds. The molecule has 0 aliphatic heterocycles. The van der Waals surface area contributed by atoms with Gasteiger partial charge in [0.2, 0.25) is 0 Å². The maximum absolute atomic E-state index is 13.2. The fourth-order valence-corrected chi connectivity index (χ4v) is 2.60. The Balaban J connectivity index is 2.38. The first-order chi connectivity index (χ1) is 9.15. The highest BCUT2D eigenvalue weighted by atomic mass is 79.9. The molecule has 0 unspecified atom stereocenters. The van der Waals surface area contributed by atoms with Crippen molar-refractivity contribution < 1.29 is 4.39 Å². The normalized spacial score (nSPS) is 10.0. The Morgan fingerprint density at radius 2 is 2.11 bits per heavy atom. The lowest BCUT2D eigenvalue weighted by Crippen LogP contribution is -1.95. The van der Waals surface area contributed by atoms with E-state index in [2.05, 4.69) is 27.3 Å². The molecule has 2 aromatic carbocycles. The second kappa shape index (κ2) is 6.09. The fourth-order valence-electron chi connectivity index (χ4n) is 1.65. The van der Waals surface area contributed by atoms with E-state index in [0.29, 0.717) is 15.7 Å². The van der Waals surface area contributed by atoms with Gasteiger partial charge in [0, 0.05) is 10.6 Å². The molecule has 0 saturated carbocycles. The highest BCUT2D eigenvalue weighted by molar-refractivity contribution is 9.10. The van der Waals surface area contributed by atoms with E-state index >= 15 is 0 Å². The second-order valence-electron chi connectivity index (χ2n) is 3.75. The van der Waals surface area contributed by atoms with Crippen LogP contribution in [-0.2, 0) is 0 Å². The Labute approximate surface area is 123 Å². The van der Waals surface area contributed by atoms with Crippen LogP contribution in [0.4, 0.5) is 15.8 Å². The quantitative estimate of drug-likeness (QED) is 0.807. The molecule has 0 heterocycles. The summed E-state index contributed by atoms with van der Waals surface area (Å²) in [6.07, 6.45) is 1.93. The van der Waals surface area contributed by atoms with Gasteiger partial charge in [-0.1, -0.05) is 6.07 Å². The van der Waals surface area contributed by atoms with Crippen LogP contribution in [0.15, 0.2) is 45.8 Å². The molecule has 2 nitrogen and oxygen atoms in total. The zero-order chi connectivity index (χ0) is 13.8. The van der Waals surface area contributed by atoms with Crippen molar-refractivity contribution in [2.45, 2.75) is 4.90 Å². The van der Waals surface area contributed by atoms with Gasteiger partial charge >= 0.3 is 0 Å². The van der Waals surface area contributed by atoms with Gasteiger partial charge in [0.1, 0.15) is 11.9 Å². The van der Waals surface area contributed by atoms with Crippen LogP contribution in [0.25, 0.3) is 0 Å². The number of nitriles is 1. The molecule has 0 atom stereocenters. The summed E-state index contributed by atoms with van der Waals surface area (Å²) in [5, 5.41) is 12.4. The van der Waals surface area contributed by atoms with Gasteiger partial charge in [0.25, 0.3) is 0 Å². The first-order valence-electron chi connectivity index (χ1n) is 5.45. The van der Waals surface area contributed by atoms with E-state index in [9.17, 15) is 9.65 Å². The van der Waals surface area contributed by atoms with E-state index in [1.165, 1.54) is 17.8 Å². The lowest BCUT2D eigenvalue weighted by molar-refractivity contribution is 0.621. The fraction of sp³-hybridized carbons (Fsp3) is 0.0714. The second-order valence-corrected chi connectivity index (χ2v) is 5.45. The highest BCUT2D eigenvalue weighted by Gasteiger charge is 2.08. The molecule has 0 fully saturated rings. The third kappa shape index (κ3) is 3.09. The molecule has 0 bridgehead atoms. The topological polar surface area (TPSA) is 35.8 Å². The van der Waals surface area contributed by atoms with Gasteiger partial charge in [0.05, 0.1) is 15.7 Å². The predicted octanol–water partition coefficient (Wildman–Crippen LogP) is 4.93. The van der Waals surface area contributed by atoms with Crippen LogP contribution in [0.1, 0.15) is 5.56 Å². The van der Waals surface area contributed by atoms with Gasteiger partial charge < -0.3 is 5.32 Å². The first-order valence-corrected chi connectivity index (χ1v) is 7.46. The summed E-state index contributed by atoms with van der Waals surface area (Å²) < 4.78 is 13.6. The lowest BCUT2D eigenvalue weighted by Gasteiger charge is -2.11. The van der Waals surface area contributed by atoms with Crippen molar-refractivity contribution in [3.05, 3.63) is 52.3 Å². The molecule has 1 N–H and O–H groups in total. The number of thioether (sulfide) groups is 1. The first kappa shape index (κ1) is 13.9. The van der Waals surface area contributed by atoms with Crippen LogP contribution in [0.5, 0.6) is 0 Å². The third-order valence-electron chi connectivity index (χ3n) is 2.56. The minimum absolute atomic E-state index is 0.316. The molecule has 0 radical (unpaired) electrons. The molecule has 19 heavy (non-hydrogen) atoms. The molecule has 5 heteroatoms. The van der Waals surface area contributed by atoms with Gasteiger partial charge in [-0.15, -0.1) is 11.8 Å². The summed E-state index contributed by atoms with van der Waals surface area (Å²) >= 11 is 4.66. The van der Waals surface area contributed by atoms with Gasteiger partial charge in [0.15, 0.2) is 0 Å². The van der Waals surface area contributed by atoms with Crippen LogP contribution in [0.2, 0.25) is 0 Å². The smallest absolute Gasteiger partial charge is 0.137 e. The van der Waals surface area contributed by atoms with Crippen LogP contribution >= 0.6 is 27.7 Å². The highest BCUT2D eigenvalue weighted by Crippen LogP contribution is 2.29. The molecule has 2 rings (SSSR count). The largest absolute Gasteiger partial charge is 0.354 e. The number of rotatable bonds is 3. The van der Waals surface area contributed by atoms with Crippen molar-refractivity contribution in [2.24, 2.45) is 0 Å². The van der Waals surface area contributed by atoms with Gasteiger partial charge in [-0.2, -0.15) is 5.26 Å². The number of nitrogens with zero attached hydrogens (tertiary/aromatic N) is 1. The van der Waals surface area contributed by atoms with E-state index in [4.69, 9.17) is 0 Å². The maximum Gasteiger partial charge on any atom is 0.137 e. The number of hydrogen-bond donors (Lipinski definition) is 1. The summed E-state index contributed by atoms with van der Waals surface area (Å²) in [6.45, 7) is 0. The van der Waals surface area contributed by atoms with Gasteiger partial charge in [-0.25, -0.2) is 4.39 Å². The molecule has 0 spiro atoms. The molecule has 2 aromatic rings. The number of nitrogens with one attached hydrogen (secondary N) is 1. The zero-order valence-corrected chi connectivity index (χ0v) is 12.5. The molecule has 0 aliphatic rings. The molecule has 0 aliphatic carbocycles. The maximum atomic E-state index is 13.2. The monoisotopic (exact) mass is 336 g/mol. The Bertz CT molecular complexity index is 652. The van der Waals surface area contributed by atoms with Crippen molar-refractivity contribution >= 4 is 39.1 Å². The molecule has 96 valence electrons. The van der Waals surface area contributed by atoms with E-state index in [0.717, 1.165) is 10.6 Å². The average Bonchev–Trinajstić information content (AvgIpc) is 2.42. The number of benzene rings is 2. The Hall–Kier alpha value is -1.51. The van der Waals surface area contributed by atoms with Crippen molar-refractivity contribution in [2.75, 3.05) is 11.6 Å². The minimum atomic E-state index is -0.316. The van der Waals surface area contributed by atoms with E-state index in [-0.39, 0.29) is 5.82 Å². The van der Waals surface area contributed by atoms with Crippen LogP contribution in [0, 0.1) is 17.1 Å². The predicted molar refractivity (Wildman–Crippen MR) is 80.3 cm³/mol. The van der Waals surface area contributed by atoms with Crippen molar-refractivity contribution in [3.63, 3.8) is 0 Å². The van der Waals surface area contributed by atoms with Crippen molar-refractivity contribution in [3.8, 4) is 6.07 Å². The standard InChI is InChI=1S/C14H10BrFN2S/c1-19-14-4-2-3-13(10(14)8-17)18-9-5-6-12(16)11(15)7-9/h2-7,18H,1H3. The third-order valence-corrected chi connectivity index (χ3v) is 3.94. The number of anilines is 2. The number of hydrogen-bond acceptors (Lipinski definition) is 3. The summed E-state index contributed by atoms with van der Waals surface area (Å²) in [6, 6.07) is 12.4. The summed E-state index contributed by atoms with van der Waals surface area (Å²) in [5.74, 6) is -0.316. The molecular weight excluding hydrogens is 327 g/mol. The van der Waals surface area contributed by atoms with Crippen molar-refractivity contribution in [1.82, 2.24) is 0 Å². The summed E-state index contributed by atoms with van der Waals surface area (Å²) in [5.41, 5.74) is 2.03. The van der Waals surface area contributed by atoms with Gasteiger partial charge in [-0.3, -0.25) is 0 Å². The Morgan fingerprint density at radius 3 is 2.74 bits per heavy atom. The number of halogens is 2. The Kier molecular flexibility index (Phi) is 4.46. The zero-order valence-electron chi connectivity index (χ0n) is 10.1. The lowest BCUT2D eigenvalue weighted by atomic mass is 10.2. The Morgan fingerprint density at radius 1 is 1.32 bits per heavy atom. The van der Waals surface area contributed by atoms with Crippen LogP contribution in [-0.4, -0.2) is 6.26 Å². The summed E-state index contributed by atoms with van der Waals surface area (Å²) in [4.78, 5) is 0.911. The average molecular weight is 337 g/mol. The van der Waals surface area contributed by atoms with Crippen molar-refractivity contribution in [1.29, 1.82) is 5.26 Å². The molecule has 0 saturated heterocycles. The van der Waals surface area contributed by atoms with Crippen LogP contribution < -0.4 is 5.32 Å². The van der Waals surface area contributed by atoms with Gasteiger partial charge in [-0.05, 0) is 52.5 Å². The van der Waals surface area contributed by atoms with Crippen LogP contribution in [0.3, 0.4) is 0 Å². The van der Waals surface area contributed by atoms with E-state index < -0.39 is 0 Å². The molecule has 0 aromatic heterocycles. The van der Waals surface area contributed by atoms with E-state index in [1.807, 2.05) is 24.5 Å². The minimum Gasteiger partial charge on any atom is -0.354 e. The molecular formula is C14H10BrFN2S. The summed E-state index contributed by atoms with van der Waals surface area (Å²) in [7, 11) is 0.